The van der Waals surface area contributed by atoms with Gasteiger partial charge in [0.1, 0.15) is 0 Å². The zero-order valence-electron chi connectivity index (χ0n) is 21.7. The zero-order valence-corrected chi connectivity index (χ0v) is 21.7. The van der Waals surface area contributed by atoms with Crippen molar-refractivity contribution in [2.24, 2.45) is 23.7 Å². The van der Waals surface area contributed by atoms with E-state index in [0.717, 1.165) is 37.1 Å². The van der Waals surface area contributed by atoms with E-state index in [-0.39, 0.29) is 11.8 Å². The lowest BCUT2D eigenvalue weighted by molar-refractivity contribution is 0.0604. The van der Waals surface area contributed by atoms with Crippen LogP contribution in [0.4, 0.5) is 0 Å². The standard InChI is InChI=1S/2C17H17NO/c2*1-2-11-10-12-6-5-9-18-16(12)15(11)13-7-3-4-8-14(13)17(18)19/h2*2-8,11-12,15-16H,1,9-10H2/t2*11-,12+,15-,16-/m10/s1. The topological polar surface area (TPSA) is 40.6 Å². The van der Waals surface area contributed by atoms with Crippen LogP contribution in [-0.4, -0.2) is 46.8 Å². The second-order valence-corrected chi connectivity index (χ2v) is 11.6. The van der Waals surface area contributed by atoms with Crippen LogP contribution in [-0.2, 0) is 0 Å². The molecule has 0 radical (unpaired) electrons. The predicted molar refractivity (Wildman–Crippen MR) is 150 cm³/mol. The Hall–Kier alpha value is -3.66. The molecule has 4 heterocycles. The molecule has 2 aromatic carbocycles. The maximum atomic E-state index is 12.6. The molecule has 4 nitrogen and oxygen atoms in total. The van der Waals surface area contributed by atoms with Gasteiger partial charge in [-0.2, -0.15) is 0 Å². The van der Waals surface area contributed by atoms with E-state index < -0.39 is 0 Å². The molecule has 38 heavy (non-hydrogen) atoms. The summed E-state index contributed by atoms with van der Waals surface area (Å²) >= 11 is 0. The summed E-state index contributed by atoms with van der Waals surface area (Å²) in [5, 5.41) is 0. The Kier molecular flexibility index (Phi) is 5.54. The van der Waals surface area contributed by atoms with Gasteiger partial charge in [-0.15, -0.1) is 13.2 Å². The van der Waals surface area contributed by atoms with E-state index in [1.165, 1.54) is 11.1 Å². The van der Waals surface area contributed by atoms with Crippen molar-refractivity contribution in [3.63, 3.8) is 0 Å². The van der Waals surface area contributed by atoms with Crippen LogP contribution in [0.2, 0.25) is 0 Å². The first-order valence-electron chi connectivity index (χ1n) is 14.0. The number of rotatable bonds is 2. The molecule has 4 heteroatoms. The first kappa shape index (κ1) is 23.5. The number of hydrogen-bond donors (Lipinski definition) is 0. The minimum atomic E-state index is 0.205. The van der Waals surface area contributed by atoms with Crippen molar-refractivity contribution in [1.82, 2.24) is 9.80 Å². The molecular weight excluding hydrogens is 468 g/mol. The maximum Gasteiger partial charge on any atom is 0.254 e. The van der Waals surface area contributed by atoms with Gasteiger partial charge < -0.3 is 9.80 Å². The van der Waals surface area contributed by atoms with Crippen LogP contribution in [0.15, 0.2) is 98.1 Å². The molecule has 0 saturated heterocycles. The highest BCUT2D eigenvalue weighted by Gasteiger charge is 2.52. The van der Waals surface area contributed by atoms with Crippen LogP contribution in [0.3, 0.4) is 0 Å². The molecule has 0 spiro atoms. The van der Waals surface area contributed by atoms with Gasteiger partial charge in [0.2, 0.25) is 0 Å². The Morgan fingerprint density at radius 3 is 1.50 bits per heavy atom. The van der Waals surface area contributed by atoms with E-state index in [2.05, 4.69) is 71.5 Å². The molecule has 0 bridgehead atoms. The fourth-order valence-corrected chi connectivity index (χ4v) is 8.44. The summed E-state index contributed by atoms with van der Waals surface area (Å²) in [6, 6.07) is 16.9. The van der Waals surface area contributed by atoms with Gasteiger partial charge >= 0.3 is 0 Å². The first-order chi connectivity index (χ1) is 18.6. The van der Waals surface area contributed by atoms with Crippen molar-refractivity contribution in [2.75, 3.05) is 13.1 Å². The van der Waals surface area contributed by atoms with Gasteiger partial charge in [-0.05, 0) is 59.8 Å². The number of carbonyl (C=O) groups excluding carboxylic acids is 2. The van der Waals surface area contributed by atoms with E-state index in [1.54, 1.807) is 0 Å². The molecule has 192 valence electrons. The summed E-state index contributed by atoms with van der Waals surface area (Å²) in [6.45, 7) is 9.54. The lowest BCUT2D eigenvalue weighted by Gasteiger charge is -2.43. The fraction of sp³-hybridized carbons (Fsp3) is 0.353. The molecule has 0 aromatic heterocycles. The molecule has 2 fully saturated rings. The lowest BCUT2D eigenvalue weighted by atomic mass is 9.78. The van der Waals surface area contributed by atoms with Crippen molar-refractivity contribution < 1.29 is 9.59 Å². The van der Waals surface area contributed by atoms with Gasteiger partial charge in [0.15, 0.2) is 0 Å². The summed E-state index contributed by atoms with van der Waals surface area (Å²) in [4.78, 5) is 29.4. The third-order valence-corrected chi connectivity index (χ3v) is 9.94. The Bertz CT molecular complexity index is 1280. The monoisotopic (exact) mass is 502 g/mol. The average Bonchev–Trinajstić information content (AvgIpc) is 3.54. The third-order valence-electron chi connectivity index (χ3n) is 9.94. The number of hydrogen-bond acceptors (Lipinski definition) is 2. The number of fused-ring (bicyclic) bond motifs is 4. The summed E-state index contributed by atoms with van der Waals surface area (Å²) in [6.07, 6.45) is 15.3. The van der Waals surface area contributed by atoms with Crippen molar-refractivity contribution in [2.45, 2.75) is 36.8 Å². The average molecular weight is 503 g/mol. The molecule has 2 aliphatic carbocycles. The molecule has 0 unspecified atom stereocenters. The van der Waals surface area contributed by atoms with Crippen molar-refractivity contribution in [1.29, 1.82) is 0 Å². The van der Waals surface area contributed by atoms with Crippen LogP contribution < -0.4 is 0 Å². The normalized spacial score (nSPS) is 34.9. The second-order valence-electron chi connectivity index (χ2n) is 11.6. The number of nitrogens with zero attached hydrogens (tertiary/aromatic N) is 2. The third kappa shape index (κ3) is 3.28. The van der Waals surface area contributed by atoms with Crippen molar-refractivity contribution in [3.8, 4) is 0 Å². The van der Waals surface area contributed by atoms with Gasteiger partial charge in [0.25, 0.3) is 11.8 Å². The summed E-state index contributed by atoms with van der Waals surface area (Å²) < 4.78 is 0. The molecule has 6 aliphatic rings. The van der Waals surface area contributed by atoms with E-state index in [4.69, 9.17) is 0 Å². The van der Waals surface area contributed by atoms with E-state index in [1.807, 2.05) is 36.4 Å². The summed E-state index contributed by atoms with van der Waals surface area (Å²) in [7, 11) is 0. The molecule has 0 N–H and O–H groups in total. The number of benzene rings is 2. The highest BCUT2D eigenvalue weighted by Crippen LogP contribution is 2.53. The molecule has 4 aliphatic heterocycles. The Labute approximate surface area is 225 Å². The smallest absolute Gasteiger partial charge is 0.254 e. The van der Waals surface area contributed by atoms with E-state index in [0.29, 0.717) is 47.6 Å². The molecule has 8 rings (SSSR count). The number of carbonyl (C=O) groups is 2. The van der Waals surface area contributed by atoms with Crippen LogP contribution in [0.1, 0.15) is 56.5 Å². The summed E-state index contributed by atoms with van der Waals surface area (Å²) in [5.41, 5.74) is 4.26. The van der Waals surface area contributed by atoms with Crippen molar-refractivity contribution >= 4 is 11.8 Å². The van der Waals surface area contributed by atoms with Crippen LogP contribution in [0, 0.1) is 23.7 Å². The predicted octanol–water partition coefficient (Wildman–Crippen LogP) is 5.97. The molecule has 2 saturated carbocycles. The Balaban J connectivity index is 0.000000127. The highest BCUT2D eigenvalue weighted by atomic mass is 16.2. The van der Waals surface area contributed by atoms with Crippen LogP contribution in [0.5, 0.6) is 0 Å². The largest absolute Gasteiger partial charge is 0.331 e. The SMILES string of the molecule is C=C[C@@H]1C[C@@H]2C=CCN3C(=O)c4ccccc4[C@@H]1[C@@H]23.C=C[C@H]1C[C@H]2C=CCN3C(=O)c4ccccc4[C@H]1[C@H]23. The molecular formula is C34H34N2O2. The molecule has 2 aromatic rings. The van der Waals surface area contributed by atoms with Crippen molar-refractivity contribution in [3.05, 3.63) is 120 Å². The van der Waals surface area contributed by atoms with Gasteiger partial charge in [-0.3, -0.25) is 9.59 Å². The fourth-order valence-electron chi connectivity index (χ4n) is 8.44. The number of allylic oxidation sites excluding steroid dienone is 2. The second kappa shape index (κ2) is 8.97. The van der Waals surface area contributed by atoms with E-state index in [9.17, 15) is 9.59 Å². The van der Waals surface area contributed by atoms with Crippen LogP contribution in [0.25, 0.3) is 0 Å². The van der Waals surface area contributed by atoms with Gasteiger partial charge in [-0.1, -0.05) is 72.9 Å². The zero-order chi connectivity index (χ0) is 26.0. The molecule has 8 atom stereocenters. The van der Waals surface area contributed by atoms with Gasteiger partial charge in [-0.25, -0.2) is 0 Å². The first-order valence-corrected chi connectivity index (χ1v) is 14.0. The van der Waals surface area contributed by atoms with Gasteiger partial charge in [0, 0.05) is 48.1 Å². The Morgan fingerprint density at radius 1 is 0.658 bits per heavy atom. The lowest BCUT2D eigenvalue weighted by Crippen LogP contribution is -2.50. The van der Waals surface area contributed by atoms with E-state index >= 15 is 0 Å². The van der Waals surface area contributed by atoms with Gasteiger partial charge in [0.05, 0.1) is 0 Å². The minimum absolute atomic E-state index is 0.205. The Morgan fingerprint density at radius 2 is 1.08 bits per heavy atom. The van der Waals surface area contributed by atoms with Crippen LogP contribution >= 0.6 is 0 Å². The molecule has 2 amide bonds. The summed E-state index contributed by atoms with van der Waals surface area (Å²) in [5.74, 6) is 3.23. The maximum absolute atomic E-state index is 12.6. The quantitative estimate of drug-likeness (QED) is 0.475. The highest BCUT2D eigenvalue weighted by molar-refractivity contribution is 5.98. The minimum Gasteiger partial charge on any atom is -0.331 e. The number of amides is 2.